The zero-order valence-corrected chi connectivity index (χ0v) is 19.4. The van der Waals surface area contributed by atoms with E-state index in [4.69, 9.17) is 4.74 Å². The van der Waals surface area contributed by atoms with Crippen LogP contribution < -0.4 is 0 Å². The number of carbonyl (C=O) groups excluding carboxylic acids is 1. The van der Waals surface area contributed by atoms with Crippen LogP contribution in [0.3, 0.4) is 0 Å². The van der Waals surface area contributed by atoms with E-state index in [1.165, 1.54) is 18.4 Å². The summed E-state index contributed by atoms with van der Waals surface area (Å²) in [4.78, 5) is 15.6. The summed E-state index contributed by atoms with van der Waals surface area (Å²) < 4.78 is 5.29. The number of allylic oxidation sites excluding steroid dienone is 2. The molecular weight excluding hydrogens is 378 g/mol. The number of rotatable bonds is 5. The third-order valence-electron chi connectivity index (χ3n) is 9.93. The van der Waals surface area contributed by atoms with E-state index in [1.807, 2.05) is 6.08 Å². The van der Waals surface area contributed by atoms with Gasteiger partial charge in [0.2, 0.25) is 0 Å². The van der Waals surface area contributed by atoms with Crippen LogP contribution in [0, 0.1) is 34.5 Å². The second-order valence-electron chi connectivity index (χ2n) is 11.2. The zero-order valence-electron chi connectivity index (χ0n) is 19.4. The van der Waals surface area contributed by atoms with Gasteiger partial charge in [-0.05, 0) is 87.2 Å². The van der Waals surface area contributed by atoms with Gasteiger partial charge < -0.3 is 19.8 Å². The molecule has 0 spiro atoms. The number of hydrogen-bond acceptors (Lipinski definition) is 5. The fourth-order valence-electron chi connectivity index (χ4n) is 7.97. The van der Waals surface area contributed by atoms with E-state index in [2.05, 4.69) is 32.7 Å². The molecule has 9 atom stereocenters. The molecular formula is C25H41NO4. The van der Waals surface area contributed by atoms with Crippen LogP contribution in [0.4, 0.5) is 0 Å². The number of aliphatic hydroxyl groups excluding tert-OH is 2. The Morgan fingerprint density at radius 3 is 2.53 bits per heavy atom. The summed E-state index contributed by atoms with van der Waals surface area (Å²) in [6.07, 6.45) is 6.08. The van der Waals surface area contributed by atoms with Gasteiger partial charge in [-0.1, -0.05) is 19.4 Å². The lowest BCUT2D eigenvalue weighted by atomic mass is 9.47. The molecule has 0 heterocycles. The number of methoxy groups -OCH3 is 1. The molecule has 5 nitrogen and oxygen atoms in total. The first-order valence-electron chi connectivity index (χ1n) is 11.9. The molecule has 0 radical (unpaired) electrons. The van der Waals surface area contributed by atoms with Crippen LogP contribution >= 0.6 is 0 Å². The average molecular weight is 420 g/mol. The minimum Gasteiger partial charge on any atom is -0.390 e. The molecule has 2 N–H and O–H groups in total. The first-order chi connectivity index (χ1) is 14.1. The molecule has 170 valence electrons. The molecule has 0 aromatic heterocycles. The van der Waals surface area contributed by atoms with E-state index in [1.54, 1.807) is 7.11 Å². The SMILES string of the molecule is COCCN(C)C(C)C1CCC2C3=CC(=O)[C@@H]4C[C@@H](O)C(O)C[C@]4(C)C3CC[C@@]21C. The number of aliphatic hydroxyl groups is 2. The molecule has 0 saturated heterocycles. The standard InChI is InChI=1S/C25H41NO4/c1-15(26(4)10-11-30-5)17-6-7-18-16-12-21(27)20-13-22(28)23(29)14-25(20,3)19(16)8-9-24(17,18)2/h12,15,17-20,22-23,28-29H,6-11,13-14H2,1-5H3/t15?,17?,18?,19?,20-,22+,23?,24+,25+/m0/s1. The van der Waals surface area contributed by atoms with Gasteiger partial charge in [-0.3, -0.25) is 4.79 Å². The Morgan fingerprint density at radius 2 is 1.83 bits per heavy atom. The van der Waals surface area contributed by atoms with Crippen molar-refractivity contribution >= 4 is 5.78 Å². The van der Waals surface area contributed by atoms with Crippen LogP contribution in [0.5, 0.6) is 0 Å². The van der Waals surface area contributed by atoms with Crippen molar-refractivity contribution in [3.8, 4) is 0 Å². The van der Waals surface area contributed by atoms with Crippen molar-refractivity contribution in [3.63, 3.8) is 0 Å². The quantitative estimate of drug-likeness (QED) is 0.717. The molecule has 3 saturated carbocycles. The third-order valence-corrected chi connectivity index (χ3v) is 9.93. The summed E-state index contributed by atoms with van der Waals surface area (Å²) in [5.74, 6) is 1.48. The average Bonchev–Trinajstić information content (AvgIpc) is 3.05. The predicted molar refractivity (Wildman–Crippen MR) is 117 cm³/mol. The van der Waals surface area contributed by atoms with Crippen molar-refractivity contribution in [2.24, 2.45) is 34.5 Å². The molecule has 4 aliphatic carbocycles. The van der Waals surface area contributed by atoms with Crippen LogP contribution in [0.15, 0.2) is 11.6 Å². The first-order valence-corrected chi connectivity index (χ1v) is 11.9. The van der Waals surface area contributed by atoms with Crippen molar-refractivity contribution in [3.05, 3.63) is 11.6 Å². The van der Waals surface area contributed by atoms with Crippen molar-refractivity contribution in [1.82, 2.24) is 4.90 Å². The summed E-state index contributed by atoms with van der Waals surface area (Å²) in [6, 6.07) is 0.488. The topological polar surface area (TPSA) is 70.0 Å². The maximum absolute atomic E-state index is 13.2. The number of ether oxygens (including phenoxy) is 1. The van der Waals surface area contributed by atoms with E-state index in [9.17, 15) is 15.0 Å². The van der Waals surface area contributed by atoms with Crippen LogP contribution in [0.25, 0.3) is 0 Å². The molecule has 0 bridgehead atoms. The minimum atomic E-state index is -0.768. The smallest absolute Gasteiger partial charge is 0.159 e. The lowest BCUT2D eigenvalue weighted by Crippen LogP contribution is -2.56. The highest BCUT2D eigenvalue weighted by atomic mass is 16.5. The Bertz CT molecular complexity index is 707. The van der Waals surface area contributed by atoms with Crippen molar-refractivity contribution in [2.75, 3.05) is 27.3 Å². The largest absolute Gasteiger partial charge is 0.390 e. The highest BCUT2D eigenvalue weighted by molar-refractivity contribution is 5.94. The Labute approximate surface area is 181 Å². The molecule has 4 aliphatic rings. The molecule has 0 amide bonds. The maximum Gasteiger partial charge on any atom is 0.159 e. The number of carbonyl (C=O) groups is 1. The fraction of sp³-hybridized carbons (Fsp3) is 0.880. The molecule has 5 heteroatoms. The number of nitrogens with zero attached hydrogens (tertiary/aromatic N) is 1. The number of ketones is 1. The van der Waals surface area contributed by atoms with E-state index < -0.39 is 12.2 Å². The van der Waals surface area contributed by atoms with Crippen LogP contribution in [0.1, 0.15) is 59.3 Å². The zero-order chi connectivity index (χ0) is 21.8. The second-order valence-corrected chi connectivity index (χ2v) is 11.2. The van der Waals surface area contributed by atoms with Gasteiger partial charge in [0.15, 0.2) is 5.78 Å². The van der Waals surface area contributed by atoms with Gasteiger partial charge in [-0.15, -0.1) is 0 Å². The number of hydrogen-bond donors (Lipinski definition) is 2. The molecule has 3 fully saturated rings. The second kappa shape index (κ2) is 7.99. The van der Waals surface area contributed by atoms with Gasteiger partial charge in [0, 0.05) is 25.6 Å². The van der Waals surface area contributed by atoms with Gasteiger partial charge >= 0.3 is 0 Å². The molecule has 0 aliphatic heterocycles. The summed E-state index contributed by atoms with van der Waals surface area (Å²) in [5.41, 5.74) is 1.37. The van der Waals surface area contributed by atoms with Crippen LogP contribution in [-0.2, 0) is 9.53 Å². The summed E-state index contributed by atoms with van der Waals surface area (Å²) >= 11 is 0. The molecule has 4 rings (SSSR count). The normalized spacial score (nSPS) is 46.8. The first kappa shape index (κ1) is 22.4. The third kappa shape index (κ3) is 3.32. The fourth-order valence-corrected chi connectivity index (χ4v) is 7.97. The molecule has 0 aromatic rings. The van der Waals surface area contributed by atoms with Gasteiger partial charge in [-0.2, -0.15) is 0 Å². The Balaban J connectivity index is 1.61. The van der Waals surface area contributed by atoms with E-state index in [0.717, 1.165) is 26.0 Å². The van der Waals surface area contributed by atoms with Crippen LogP contribution in [0.2, 0.25) is 0 Å². The van der Waals surface area contributed by atoms with Gasteiger partial charge in [0.05, 0.1) is 18.8 Å². The van der Waals surface area contributed by atoms with Crippen LogP contribution in [-0.4, -0.2) is 66.5 Å². The van der Waals surface area contributed by atoms with Crippen molar-refractivity contribution in [2.45, 2.75) is 77.5 Å². The van der Waals surface area contributed by atoms with Crippen molar-refractivity contribution in [1.29, 1.82) is 0 Å². The monoisotopic (exact) mass is 419 g/mol. The molecule has 5 unspecified atom stereocenters. The molecule has 30 heavy (non-hydrogen) atoms. The Kier molecular flexibility index (Phi) is 5.98. The van der Waals surface area contributed by atoms with Gasteiger partial charge in [0.1, 0.15) is 0 Å². The lowest BCUT2D eigenvalue weighted by Gasteiger charge is -2.57. The summed E-state index contributed by atoms with van der Waals surface area (Å²) in [7, 11) is 3.96. The van der Waals surface area contributed by atoms with Gasteiger partial charge in [0.25, 0.3) is 0 Å². The highest BCUT2D eigenvalue weighted by Gasteiger charge is 2.60. The van der Waals surface area contributed by atoms with E-state index in [0.29, 0.717) is 36.6 Å². The predicted octanol–water partition coefficient (Wildman–Crippen LogP) is 3.04. The number of fused-ring (bicyclic) bond motifs is 5. The van der Waals surface area contributed by atoms with Crippen molar-refractivity contribution < 1.29 is 19.7 Å². The lowest BCUT2D eigenvalue weighted by molar-refractivity contribution is -0.143. The minimum absolute atomic E-state index is 0.148. The highest BCUT2D eigenvalue weighted by Crippen LogP contribution is 2.66. The summed E-state index contributed by atoms with van der Waals surface area (Å²) in [5, 5.41) is 20.7. The summed E-state index contributed by atoms with van der Waals surface area (Å²) in [6.45, 7) is 8.72. The Morgan fingerprint density at radius 1 is 1.13 bits per heavy atom. The molecule has 0 aromatic carbocycles. The van der Waals surface area contributed by atoms with Gasteiger partial charge in [-0.25, -0.2) is 0 Å². The number of likely N-dealkylation sites (N-methyl/N-ethyl adjacent to an activating group) is 1. The van der Waals surface area contributed by atoms with E-state index in [-0.39, 0.29) is 22.5 Å². The Hall–Kier alpha value is -0.750. The maximum atomic E-state index is 13.2. The van der Waals surface area contributed by atoms with E-state index >= 15 is 0 Å².